The molecule has 82 valence electrons. The SMILES string of the molecule is OC(c1cc(Cl)nnc1Cl)C1CCCC1. The van der Waals surface area contributed by atoms with Crippen LogP contribution in [0.2, 0.25) is 10.3 Å². The van der Waals surface area contributed by atoms with E-state index in [9.17, 15) is 5.11 Å². The summed E-state index contributed by atoms with van der Waals surface area (Å²) in [5.74, 6) is 0.280. The fourth-order valence-electron chi connectivity index (χ4n) is 2.10. The lowest BCUT2D eigenvalue weighted by atomic mass is 9.96. The molecular weight excluding hydrogens is 235 g/mol. The minimum Gasteiger partial charge on any atom is -0.388 e. The van der Waals surface area contributed by atoms with Crippen LogP contribution in [-0.2, 0) is 0 Å². The molecule has 0 aliphatic heterocycles. The predicted molar refractivity (Wildman–Crippen MR) is 59.0 cm³/mol. The van der Waals surface area contributed by atoms with Crippen molar-refractivity contribution in [1.29, 1.82) is 0 Å². The second-order valence-corrected chi connectivity index (χ2v) is 4.65. The number of hydrogen-bond acceptors (Lipinski definition) is 3. The van der Waals surface area contributed by atoms with Gasteiger partial charge in [0, 0.05) is 5.56 Å². The van der Waals surface area contributed by atoms with E-state index in [1.807, 2.05) is 0 Å². The van der Waals surface area contributed by atoms with Gasteiger partial charge in [-0.15, -0.1) is 10.2 Å². The highest BCUT2D eigenvalue weighted by Gasteiger charge is 2.26. The van der Waals surface area contributed by atoms with E-state index < -0.39 is 6.10 Å². The van der Waals surface area contributed by atoms with Gasteiger partial charge in [-0.3, -0.25) is 0 Å². The molecule has 5 heteroatoms. The maximum atomic E-state index is 10.1. The van der Waals surface area contributed by atoms with Crippen molar-refractivity contribution in [3.63, 3.8) is 0 Å². The Morgan fingerprint density at radius 3 is 2.60 bits per heavy atom. The molecule has 1 aliphatic rings. The van der Waals surface area contributed by atoms with Gasteiger partial charge in [-0.1, -0.05) is 36.0 Å². The van der Waals surface area contributed by atoms with E-state index in [1.165, 1.54) is 12.8 Å². The third kappa shape index (κ3) is 2.41. The predicted octanol–water partition coefficient (Wildman–Crippen LogP) is 3.01. The van der Waals surface area contributed by atoms with E-state index in [0.717, 1.165) is 12.8 Å². The summed E-state index contributed by atoms with van der Waals surface area (Å²) < 4.78 is 0. The van der Waals surface area contributed by atoms with Crippen LogP contribution in [0.5, 0.6) is 0 Å². The highest BCUT2D eigenvalue weighted by molar-refractivity contribution is 6.31. The lowest BCUT2D eigenvalue weighted by molar-refractivity contribution is 0.111. The van der Waals surface area contributed by atoms with Gasteiger partial charge < -0.3 is 5.11 Å². The van der Waals surface area contributed by atoms with Crippen molar-refractivity contribution in [3.05, 3.63) is 21.9 Å². The van der Waals surface area contributed by atoms with Crippen LogP contribution < -0.4 is 0 Å². The monoisotopic (exact) mass is 246 g/mol. The molecule has 0 spiro atoms. The molecule has 1 saturated carbocycles. The maximum Gasteiger partial charge on any atom is 0.157 e. The molecule has 0 amide bonds. The van der Waals surface area contributed by atoms with Crippen LogP contribution in [0.3, 0.4) is 0 Å². The third-order valence-corrected chi connectivity index (χ3v) is 3.39. The molecule has 1 fully saturated rings. The van der Waals surface area contributed by atoms with Crippen LogP contribution >= 0.6 is 23.2 Å². The standard InChI is InChI=1S/C10H12Cl2N2O/c11-8-5-7(10(12)14-13-8)9(15)6-3-1-2-4-6/h5-6,9,15H,1-4H2. The Bertz CT molecular complexity index is 353. The van der Waals surface area contributed by atoms with Crippen LogP contribution in [0.15, 0.2) is 6.07 Å². The summed E-state index contributed by atoms with van der Waals surface area (Å²) in [5.41, 5.74) is 0.601. The third-order valence-electron chi connectivity index (χ3n) is 2.91. The summed E-state index contributed by atoms with van der Waals surface area (Å²) in [6, 6.07) is 1.60. The normalized spacial score (nSPS) is 19.4. The quantitative estimate of drug-likeness (QED) is 0.873. The summed E-state index contributed by atoms with van der Waals surface area (Å²) in [6.45, 7) is 0. The van der Waals surface area contributed by atoms with Gasteiger partial charge in [0.05, 0.1) is 6.10 Å². The van der Waals surface area contributed by atoms with Crippen molar-refractivity contribution in [1.82, 2.24) is 10.2 Å². The van der Waals surface area contributed by atoms with Crippen molar-refractivity contribution in [2.75, 3.05) is 0 Å². The number of rotatable bonds is 2. The summed E-state index contributed by atoms with van der Waals surface area (Å²) in [4.78, 5) is 0. The van der Waals surface area contributed by atoms with Gasteiger partial charge in [0.25, 0.3) is 0 Å². The van der Waals surface area contributed by atoms with Crippen LogP contribution in [-0.4, -0.2) is 15.3 Å². The number of halogens is 2. The van der Waals surface area contributed by atoms with Gasteiger partial charge in [0.1, 0.15) is 0 Å². The first-order chi connectivity index (χ1) is 7.18. The molecule has 15 heavy (non-hydrogen) atoms. The van der Waals surface area contributed by atoms with Crippen LogP contribution in [0, 0.1) is 5.92 Å². The highest BCUT2D eigenvalue weighted by atomic mass is 35.5. The van der Waals surface area contributed by atoms with E-state index in [1.54, 1.807) is 6.07 Å². The van der Waals surface area contributed by atoms with Crippen LogP contribution in [0.25, 0.3) is 0 Å². The minimum atomic E-state index is -0.562. The Hall–Kier alpha value is -0.380. The number of aromatic nitrogens is 2. The Labute approximate surface area is 98.4 Å². The van der Waals surface area contributed by atoms with Crippen molar-refractivity contribution >= 4 is 23.2 Å². The van der Waals surface area contributed by atoms with Gasteiger partial charge in [-0.25, -0.2) is 0 Å². The second-order valence-electron chi connectivity index (χ2n) is 3.90. The first kappa shape index (κ1) is 11.1. The molecule has 3 nitrogen and oxygen atoms in total. The zero-order chi connectivity index (χ0) is 10.8. The molecule has 1 heterocycles. The second kappa shape index (κ2) is 4.64. The molecule has 1 atom stereocenters. The van der Waals surface area contributed by atoms with Gasteiger partial charge in [-0.05, 0) is 24.8 Å². The van der Waals surface area contributed by atoms with E-state index in [4.69, 9.17) is 23.2 Å². The lowest BCUT2D eigenvalue weighted by Crippen LogP contribution is -2.10. The van der Waals surface area contributed by atoms with Crippen molar-refractivity contribution in [3.8, 4) is 0 Å². The van der Waals surface area contributed by atoms with Gasteiger partial charge in [0.2, 0.25) is 0 Å². The first-order valence-electron chi connectivity index (χ1n) is 5.05. The molecule has 2 rings (SSSR count). The fraction of sp³-hybridized carbons (Fsp3) is 0.600. The van der Waals surface area contributed by atoms with Gasteiger partial charge >= 0.3 is 0 Å². The fourth-order valence-corrected chi connectivity index (χ4v) is 2.46. The smallest absolute Gasteiger partial charge is 0.157 e. The van der Waals surface area contributed by atoms with Crippen molar-refractivity contribution < 1.29 is 5.11 Å². The Morgan fingerprint density at radius 1 is 1.27 bits per heavy atom. The van der Waals surface area contributed by atoms with E-state index in [0.29, 0.717) is 5.56 Å². The molecule has 0 radical (unpaired) electrons. The number of hydrogen-bond donors (Lipinski definition) is 1. The number of nitrogens with zero attached hydrogens (tertiary/aromatic N) is 2. The topological polar surface area (TPSA) is 46.0 Å². The maximum absolute atomic E-state index is 10.1. The molecule has 1 aromatic heterocycles. The molecule has 1 N–H and O–H groups in total. The number of aliphatic hydroxyl groups is 1. The Morgan fingerprint density at radius 2 is 1.93 bits per heavy atom. The summed E-state index contributed by atoms with van der Waals surface area (Å²) >= 11 is 11.6. The average molecular weight is 247 g/mol. The lowest BCUT2D eigenvalue weighted by Gasteiger charge is -2.18. The van der Waals surface area contributed by atoms with E-state index >= 15 is 0 Å². The van der Waals surface area contributed by atoms with Crippen LogP contribution in [0.4, 0.5) is 0 Å². The molecule has 0 aromatic carbocycles. The van der Waals surface area contributed by atoms with E-state index in [2.05, 4.69) is 10.2 Å². The molecular formula is C10H12Cl2N2O. The van der Waals surface area contributed by atoms with Crippen molar-refractivity contribution in [2.24, 2.45) is 5.92 Å². The molecule has 1 unspecified atom stereocenters. The van der Waals surface area contributed by atoms with Crippen LogP contribution in [0.1, 0.15) is 37.4 Å². The average Bonchev–Trinajstić information content (AvgIpc) is 2.74. The highest BCUT2D eigenvalue weighted by Crippen LogP contribution is 2.37. The van der Waals surface area contributed by atoms with E-state index in [-0.39, 0.29) is 16.2 Å². The van der Waals surface area contributed by atoms with Gasteiger partial charge in [0.15, 0.2) is 10.3 Å². The molecule has 1 aliphatic carbocycles. The van der Waals surface area contributed by atoms with Crippen molar-refractivity contribution in [2.45, 2.75) is 31.8 Å². The summed E-state index contributed by atoms with van der Waals surface area (Å²) in [7, 11) is 0. The Balaban J connectivity index is 2.23. The molecule has 0 bridgehead atoms. The molecule has 1 aromatic rings. The zero-order valence-corrected chi connectivity index (χ0v) is 9.67. The first-order valence-corrected chi connectivity index (χ1v) is 5.81. The Kier molecular flexibility index (Phi) is 3.44. The summed E-state index contributed by atoms with van der Waals surface area (Å²) in [5, 5.41) is 17.9. The largest absolute Gasteiger partial charge is 0.388 e. The number of aliphatic hydroxyl groups excluding tert-OH is 1. The zero-order valence-electron chi connectivity index (χ0n) is 8.16. The minimum absolute atomic E-state index is 0.249. The summed E-state index contributed by atoms with van der Waals surface area (Å²) in [6.07, 6.45) is 3.86. The molecule has 0 saturated heterocycles. The van der Waals surface area contributed by atoms with Gasteiger partial charge in [-0.2, -0.15) is 0 Å².